The molecule has 2 atom stereocenters. The summed E-state index contributed by atoms with van der Waals surface area (Å²) in [6.07, 6.45) is -1.17. The van der Waals surface area contributed by atoms with Gasteiger partial charge in [0.2, 0.25) is 0 Å². The molecule has 0 bridgehead atoms. The number of Topliss-reactive ketones (excluding diaryl/α,β-unsaturated/α-hetero) is 1. The normalized spacial score (nSPS) is 14.0. The molecule has 2 aromatic carbocycles. The molecule has 0 spiro atoms. The number of ether oxygens (including phenoxy) is 1. The van der Waals surface area contributed by atoms with E-state index in [-0.39, 0.29) is 23.7 Å². The molecule has 0 fully saturated rings. The van der Waals surface area contributed by atoms with Crippen LogP contribution in [0.3, 0.4) is 0 Å². The number of aliphatic hydroxyl groups is 1. The first-order valence-electron chi connectivity index (χ1n) is 9.13. The van der Waals surface area contributed by atoms with Crippen molar-refractivity contribution >= 4 is 5.78 Å². The Morgan fingerprint density at radius 2 is 1.74 bits per heavy atom. The van der Waals surface area contributed by atoms with Gasteiger partial charge >= 0.3 is 0 Å². The Morgan fingerprint density at radius 1 is 1.11 bits per heavy atom. The standard InChI is InChI=1S/C22H28FNO3/c1-22(2,3)24-14-19(25)15-27-20(13-16-9-11-18(23)12-10-16)21(26)17-7-5-4-6-8-17/h4-12,19-20,24-25H,13-15H2,1-3H3. The van der Waals surface area contributed by atoms with Gasteiger partial charge in [-0.25, -0.2) is 4.39 Å². The van der Waals surface area contributed by atoms with Crippen molar-refractivity contribution < 1.29 is 19.0 Å². The van der Waals surface area contributed by atoms with Crippen molar-refractivity contribution in [1.82, 2.24) is 5.32 Å². The second kappa shape index (κ2) is 9.74. The van der Waals surface area contributed by atoms with Crippen molar-refractivity contribution in [1.29, 1.82) is 0 Å². The van der Waals surface area contributed by atoms with Crippen LogP contribution in [0.15, 0.2) is 54.6 Å². The third-order valence-corrected chi connectivity index (χ3v) is 4.04. The fourth-order valence-electron chi connectivity index (χ4n) is 2.56. The molecular formula is C22H28FNO3. The number of carbonyl (C=O) groups excluding carboxylic acids is 1. The Bertz CT molecular complexity index is 711. The van der Waals surface area contributed by atoms with Crippen LogP contribution in [0, 0.1) is 5.82 Å². The largest absolute Gasteiger partial charge is 0.389 e. The molecule has 0 aliphatic carbocycles. The lowest BCUT2D eigenvalue weighted by molar-refractivity contribution is -0.00326. The average molecular weight is 373 g/mol. The molecule has 5 heteroatoms. The van der Waals surface area contributed by atoms with E-state index < -0.39 is 12.2 Å². The van der Waals surface area contributed by atoms with Gasteiger partial charge in [-0.05, 0) is 38.5 Å². The summed E-state index contributed by atoms with van der Waals surface area (Å²) in [7, 11) is 0. The molecule has 0 aliphatic heterocycles. The number of rotatable bonds is 9. The third kappa shape index (κ3) is 7.59. The Hall–Kier alpha value is -2.08. The van der Waals surface area contributed by atoms with Crippen LogP contribution in [0.2, 0.25) is 0 Å². The first-order chi connectivity index (χ1) is 12.7. The van der Waals surface area contributed by atoms with Crippen LogP contribution in [-0.4, -0.2) is 41.8 Å². The van der Waals surface area contributed by atoms with Crippen molar-refractivity contribution in [3.63, 3.8) is 0 Å². The summed E-state index contributed by atoms with van der Waals surface area (Å²) in [6.45, 7) is 6.43. The second-order valence-electron chi connectivity index (χ2n) is 7.67. The molecule has 0 amide bonds. The molecule has 0 aliphatic rings. The van der Waals surface area contributed by atoms with Crippen molar-refractivity contribution in [3.8, 4) is 0 Å². The summed E-state index contributed by atoms with van der Waals surface area (Å²) in [5.41, 5.74) is 1.23. The number of nitrogens with one attached hydrogen (secondary N) is 1. The van der Waals surface area contributed by atoms with Crippen LogP contribution in [-0.2, 0) is 11.2 Å². The summed E-state index contributed by atoms with van der Waals surface area (Å²) in [5, 5.41) is 13.4. The predicted octanol–water partition coefficient (Wildman–Crippen LogP) is 3.39. The Balaban J connectivity index is 2.05. The van der Waals surface area contributed by atoms with Crippen molar-refractivity contribution in [2.24, 2.45) is 0 Å². The molecule has 0 radical (unpaired) electrons. The zero-order chi connectivity index (χ0) is 19.9. The highest BCUT2D eigenvalue weighted by Gasteiger charge is 2.23. The molecule has 4 nitrogen and oxygen atoms in total. The van der Waals surface area contributed by atoms with Crippen LogP contribution in [0.5, 0.6) is 0 Å². The number of hydrogen-bond acceptors (Lipinski definition) is 4. The number of aliphatic hydroxyl groups excluding tert-OH is 1. The Labute approximate surface area is 160 Å². The minimum absolute atomic E-state index is 0.0352. The minimum Gasteiger partial charge on any atom is -0.389 e. The number of halogens is 1. The highest BCUT2D eigenvalue weighted by molar-refractivity contribution is 5.99. The fraction of sp³-hybridized carbons (Fsp3) is 0.409. The molecule has 27 heavy (non-hydrogen) atoms. The lowest BCUT2D eigenvalue weighted by Crippen LogP contribution is -2.43. The van der Waals surface area contributed by atoms with E-state index >= 15 is 0 Å². The van der Waals surface area contributed by atoms with Gasteiger partial charge < -0.3 is 15.2 Å². The van der Waals surface area contributed by atoms with Gasteiger partial charge in [0.05, 0.1) is 12.7 Å². The maximum Gasteiger partial charge on any atom is 0.191 e. The zero-order valence-corrected chi connectivity index (χ0v) is 16.1. The Kier molecular flexibility index (Phi) is 7.66. The summed E-state index contributed by atoms with van der Waals surface area (Å²) in [4.78, 5) is 12.8. The van der Waals surface area contributed by atoms with Gasteiger partial charge in [-0.3, -0.25) is 4.79 Å². The van der Waals surface area contributed by atoms with E-state index in [4.69, 9.17) is 4.74 Å². The molecule has 2 N–H and O–H groups in total. The third-order valence-electron chi connectivity index (χ3n) is 4.04. The van der Waals surface area contributed by atoms with Crippen molar-refractivity contribution in [2.75, 3.05) is 13.2 Å². The van der Waals surface area contributed by atoms with Gasteiger partial charge in [-0.1, -0.05) is 42.5 Å². The van der Waals surface area contributed by atoms with Gasteiger partial charge in [0.25, 0.3) is 0 Å². The lowest BCUT2D eigenvalue weighted by atomic mass is 9.99. The van der Waals surface area contributed by atoms with E-state index in [1.807, 2.05) is 26.8 Å². The predicted molar refractivity (Wildman–Crippen MR) is 104 cm³/mol. The quantitative estimate of drug-likeness (QED) is 0.662. The number of β-amino-alcohol motifs (C(OH)–C–C–N with tert-alkyl or cyclic N) is 1. The highest BCUT2D eigenvalue weighted by atomic mass is 19.1. The van der Waals surface area contributed by atoms with Crippen LogP contribution in [0.1, 0.15) is 36.7 Å². The molecule has 2 rings (SSSR count). The fourth-order valence-corrected chi connectivity index (χ4v) is 2.56. The molecule has 2 unspecified atom stereocenters. The van der Waals surface area contributed by atoms with E-state index in [0.717, 1.165) is 5.56 Å². The molecule has 2 aromatic rings. The summed E-state index contributed by atoms with van der Waals surface area (Å²) >= 11 is 0. The monoisotopic (exact) mass is 373 g/mol. The van der Waals surface area contributed by atoms with Crippen LogP contribution < -0.4 is 5.32 Å². The lowest BCUT2D eigenvalue weighted by Gasteiger charge is -2.24. The van der Waals surface area contributed by atoms with Gasteiger partial charge in [-0.2, -0.15) is 0 Å². The minimum atomic E-state index is -0.748. The van der Waals surface area contributed by atoms with Gasteiger partial charge in [0.1, 0.15) is 11.9 Å². The zero-order valence-electron chi connectivity index (χ0n) is 16.1. The molecule has 0 heterocycles. The van der Waals surface area contributed by atoms with E-state index in [2.05, 4.69) is 5.32 Å². The average Bonchev–Trinajstić information content (AvgIpc) is 2.64. The number of benzene rings is 2. The molecule has 0 saturated heterocycles. The van der Waals surface area contributed by atoms with Crippen molar-refractivity contribution in [3.05, 3.63) is 71.5 Å². The van der Waals surface area contributed by atoms with Crippen LogP contribution >= 0.6 is 0 Å². The van der Waals surface area contributed by atoms with E-state index in [1.165, 1.54) is 12.1 Å². The molecule has 146 valence electrons. The molecule has 0 aromatic heterocycles. The van der Waals surface area contributed by atoms with E-state index in [9.17, 15) is 14.3 Å². The van der Waals surface area contributed by atoms with Crippen LogP contribution in [0.25, 0.3) is 0 Å². The topological polar surface area (TPSA) is 58.6 Å². The molecular weight excluding hydrogens is 345 g/mol. The summed E-state index contributed by atoms with van der Waals surface area (Å²) < 4.78 is 18.9. The number of carbonyl (C=O) groups is 1. The first-order valence-corrected chi connectivity index (χ1v) is 9.13. The van der Waals surface area contributed by atoms with Gasteiger partial charge in [0.15, 0.2) is 5.78 Å². The maximum atomic E-state index is 13.1. The molecule has 0 saturated carbocycles. The summed E-state index contributed by atoms with van der Waals surface area (Å²) in [5.74, 6) is -0.481. The van der Waals surface area contributed by atoms with Gasteiger partial charge in [0, 0.05) is 24.1 Å². The highest BCUT2D eigenvalue weighted by Crippen LogP contribution is 2.14. The second-order valence-corrected chi connectivity index (χ2v) is 7.67. The first kappa shape index (κ1) is 21.2. The smallest absolute Gasteiger partial charge is 0.191 e. The van der Waals surface area contributed by atoms with Crippen molar-refractivity contribution in [2.45, 2.75) is 44.9 Å². The maximum absolute atomic E-state index is 13.1. The van der Waals surface area contributed by atoms with Gasteiger partial charge in [-0.15, -0.1) is 0 Å². The SMILES string of the molecule is CC(C)(C)NCC(O)COC(Cc1ccc(F)cc1)C(=O)c1ccccc1. The van der Waals surface area contributed by atoms with Crippen LogP contribution in [0.4, 0.5) is 4.39 Å². The number of hydrogen-bond donors (Lipinski definition) is 2. The number of ketones is 1. The Morgan fingerprint density at radius 3 is 2.33 bits per heavy atom. The van der Waals surface area contributed by atoms with E-state index in [0.29, 0.717) is 18.5 Å². The summed E-state index contributed by atoms with van der Waals surface area (Å²) in [6, 6.07) is 14.9. The van der Waals surface area contributed by atoms with E-state index in [1.54, 1.807) is 36.4 Å².